The van der Waals surface area contributed by atoms with Crippen molar-refractivity contribution in [3.8, 4) is 0 Å². The van der Waals surface area contributed by atoms with Crippen molar-refractivity contribution >= 4 is 17.8 Å². The SMILES string of the molecule is CCOC(=O)c1ccc(NC(CC)C(=O)O)nc1. The Hall–Kier alpha value is -2.11. The van der Waals surface area contributed by atoms with Gasteiger partial charge in [0, 0.05) is 6.20 Å². The van der Waals surface area contributed by atoms with Gasteiger partial charge in [-0.2, -0.15) is 0 Å². The first-order valence-electron chi connectivity index (χ1n) is 5.71. The van der Waals surface area contributed by atoms with Gasteiger partial charge in [0.15, 0.2) is 0 Å². The van der Waals surface area contributed by atoms with Crippen LogP contribution in [0.3, 0.4) is 0 Å². The summed E-state index contributed by atoms with van der Waals surface area (Å²) in [4.78, 5) is 26.2. The van der Waals surface area contributed by atoms with Gasteiger partial charge in [0.2, 0.25) is 0 Å². The molecule has 98 valence electrons. The van der Waals surface area contributed by atoms with Crippen molar-refractivity contribution in [1.29, 1.82) is 0 Å². The minimum atomic E-state index is -0.936. The third-order valence-electron chi connectivity index (χ3n) is 2.30. The van der Waals surface area contributed by atoms with Gasteiger partial charge in [-0.25, -0.2) is 14.6 Å². The summed E-state index contributed by atoms with van der Waals surface area (Å²) in [7, 11) is 0. The van der Waals surface area contributed by atoms with E-state index in [2.05, 4.69) is 10.3 Å². The Morgan fingerprint density at radius 1 is 1.44 bits per heavy atom. The quantitative estimate of drug-likeness (QED) is 0.746. The summed E-state index contributed by atoms with van der Waals surface area (Å²) < 4.78 is 4.81. The fourth-order valence-corrected chi connectivity index (χ4v) is 1.33. The van der Waals surface area contributed by atoms with Crippen LogP contribution in [0.1, 0.15) is 30.6 Å². The second kappa shape index (κ2) is 6.58. The summed E-state index contributed by atoms with van der Waals surface area (Å²) in [5, 5.41) is 11.6. The molecular formula is C12H16N2O4. The molecule has 0 bridgehead atoms. The van der Waals surface area contributed by atoms with Crippen LogP contribution in [-0.2, 0) is 9.53 Å². The van der Waals surface area contributed by atoms with E-state index in [1.807, 2.05) is 0 Å². The Bertz CT molecular complexity index is 417. The summed E-state index contributed by atoms with van der Waals surface area (Å²) in [6, 6.07) is 2.41. The molecule has 1 aromatic rings. The Labute approximate surface area is 105 Å². The van der Waals surface area contributed by atoms with E-state index in [1.54, 1.807) is 26.0 Å². The number of anilines is 1. The van der Waals surface area contributed by atoms with Crippen molar-refractivity contribution < 1.29 is 19.4 Å². The van der Waals surface area contributed by atoms with E-state index >= 15 is 0 Å². The van der Waals surface area contributed by atoms with Crippen LogP contribution in [0.4, 0.5) is 5.82 Å². The lowest BCUT2D eigenvalue weighted by Gasteiger charge is -2.12. The summed E-state index contributed by atoms with van der Waals surface area (Å²) in [5.41, 5.74) is 0.339. The number of hydrogen-bond acceptors (Lipinski definition) is 5. The number of aliphatic carboxylic acids is 1. The molecule has 0 spiro atoms. The minimum absolute atomic E-state index is 0.301. The van der Waals surface area contributed by atoms with E-state index in [0.717, 1.165) is 0 Å². The number of nitrogens with zero attached hydrogens (tertiary/aromatic N) is 1. The first-order valence-corrected chi connectivity index (χ1v) is 5.71. The van der Waals surface area contributed by atoms with E-state index < -0.39 is 18.0 Å². The molecule has 6 heteroatoms. The third kappa shape index (κ3) is 3.73. The van der Waals surface area contributed by atoms with E-state index in [1.165, 1.54) is 6.20 Å². The van der Waals surface area contributed by atoms with E-state index in [0.29, 0.717) is 24.4 Å². The zero-order valence-corrected chi connectivity index (χ0v) is 10.3. The number of ether oxygens (including phenoxy) is 1. The smallest absolute Gasteiger partial charge is 0.339 e. The molecule has 1 heterocycles. The largest absolute Gasteiger partial charge is 0.480 e. The second-order valence-electron chi connectivity index (χ2n) is 3.60. The zero-order chi connectivity index (χ0) is 13.5. The molecule has 1 aromatic heterocycles. The highest BCUT2D eigenvalue weighted by Gasteiger charge is 2.15. The summed E-state index contributed by atoms with van der Waals surface area (Å²) in [6.07, 6.45) is 1.80. The molecule has 0 aromatic carbocycles. The first kappa shape index (κ1) is 14.0. The highest BCUT2D eigenvalue weighted by Crippen LogP contribution is 2.09. The number of pyridine rings is 1. The predicted molar refractivity (Wildman–Crippen MR) is 65.5 cm³/mol. The lowest BCUT2D eigenvalue weighted by atomic mass is 10.2. The lowest BCUT2D eigenvalue weighted by molar-refractivity contribution is -0.137. The van der Waals surface area contributed by atoms with Crippen molar-refractivity contribution in [3.63, 3.8) is 0 Å². The van der Waals surface area contributed by atoms with Crippen LogP contribution in [0.5, 0.6) is 0 Å². The number of carbonyl (C=O) groups is 2. The van der Waals surface area contributed by atoms with Gasteiger partial charge in [-0.1, -0.05) is 6.92 Å². The predicted octanol–water partition coefficient (Wildman–Crippen LogP) is 1.53. The molecule has 1 unspecified atom stereocenters. The van der Waals surface area contributed by atoms with Gasteiger partial charge in [0.05, 0.1) is 12.2 Å². The number of carboxylic acids is 1. The molecule has 0 aliphatic rings. The molecule has 0 aliphatic carbocycles. The average molecular weight is 252 g/mol. The molecule has 0 saturated heterocycles. The summed E-state index contributed by atoms with van der Waals surface area (Å²) >= 11 is 0. The van der Waals surface area contributed by atoms with Crippen molar-refractivity contribution in [2.75, 3.05) is 11.9 Å². The minimum Gasteiger partial charge on any atom is -0.480 e. The fourth-order valence-electron chi connectivity index (χ4n) is 1.33. The van der Waals surface area contributed by atoms with E-state index in [9.17, 15) is 9.59 Å². The molecular weight excluding hydrogens is 236 g/mol. The third-order valence-corrected chi connectivity index (χ3v) is 2.30. The first-order chi connectivity index (χ1) is 8.58. The Morgan fingerprint density at radius 3 is 2.61 bits per heavy atom. The monoisotopic (exact) mass is 252 g/mol. The van der Waals surface area contributed by atoms with Crippen LogP contribution in [0.2, 0.25) is 0 Å². The maximum absolute atomic E-state index is 11.4. The number of esters is 1. The molecule has 0 radical (unpaired) electrons. The zero-order valence-electron chi connectivity index (χ0n) is 10.3. The van der Waals surface area contributed by atoms with Crippen molar-refractivity contribution in [2.24, 2.45) is 0 Å². The van der Waals surface area contributed by atoms with Crippen molar-refractivity contribution in [2.45, 2.75) is 26.3 Å². The number of carboxylic acid groups (broad SMARTS) is 1. The van der Waals surface area contributed by atoms with Crippen LogP contribution in [0.25, 0.3) is 0 Å². The van der Waals surface area contributed by atoms with E-state index in [-0.39, 0.29) is 0 Å². The average Bonchev–Trinajstić information content (AvgIpc) is 2.36. The topological polar surface area (TPSA) is 88.5 Å². The van der Waals surface area contributed by atoms with Gasteiger partial charge in [-0.3, -0.25) is 0 Å². The number of hydrogen-bond donors (Lipinski definition) is 2. The second-order valence-corrected chi connectivity index (χ2v) is 3.60. The molecule has 0 fully saturated rings. The maximum Gasteiger partial charge on any atom is 0.339 e. The van der Waals surface area contributed by atoms with Crippen LogP contribution in [0.15, 0.2) is 18.3 Å². The van der Waals surface area contributed by atoms with Gasteiger partial charge in [-0.15, -0.1) is 0 Å². The molecule has 2 N–H and O–H groups in total. The summed E-state index contributed by atoms with van der Waals surface area (Å²) in [5.74, 6) is -0.965. The van der Waals surface area contributed by atoms with Crippen LogP contribution in [-0.4, -0.2) is 34.7 Å². The molecule has 1 rings (SSSR count). The van der Waals surface area contributed by atoms with Crippen LogP contribution < -0.4 is 5.32 Å². The number of aromatic nitrogens is 1. The normalized spacial score (nSPS) is 11.7. The highest BCUT2D eigenvalue weighted by atomic mass is 16.5. The van der Waals surface area contributed by atoms with Crippen LogP contribution in [0, 0.1) is 0 Å². The molecule has 18 heavy (non-hydrogen) atoms. The van der Waals surface area contributed by atoms with Crippen LogP contribution >= 0.6 is 0 Å². The molecule has 0 saturated carbocycles. The lowest BCUT2D eigenvalue weighted by Crippen LogP contribution is -2.28. The Balaban J connectivity index is 2.71. The molecule has 6 nitrogen and oxygen atoms in total. The van der Waals surface area contributed by atoms with E-state index in [4.69, 9.17) is 9.84 Å². The molecule has 1 atom stereocenters. The molecule has 0 amide bonds. The fraction of sp³-hybridized carbons (Fsp3) is 0.417. The molecule has 0 aliphatic heterocycles. The highest BCUT2D eigenvalue weighted by molar-refractivity contribution is 5.89. The number of carbonyl (C=O) groups excluding carboxylic acids is 1. The standard InChI is InChI=1S/C12H16N2O4/c1-3-9(11(15)16)14-10-6-5-8(7-13-10)12(17)18-4-2/h5-7,9H,3-4H2,1-2H3,(H,13,14)(H,15,16). The number of rotatable bonds is 6. The van der Waals surface area contributed by atoms with Gasteiger partial charge in [0.1, 0.15) is 11.9 Å². The van der Waals surface area contributed by atoms with Gasteiger partial charge < -0.3 is 15.2 Å². The van der Waals surface area contributed by atoms with Crippen molar-refractivity contribution in [3.05, 3.63) is 23.9 Å². The van der Waals surface area contributed by atoms with Gasteiger partial charge >= 0.3 is 11.9 Å². The Morgan fingerprint density at radius 2 is 2.17 bits per heavy atom. The van der Waals surface area contributed by atoms with Gasteiger partial charge in [-0.05, 0) is 25.5 Å². The Kier molecular flexibility index (Phi) is 5.10. The van der Waals surface area contributed by atoms with Gasteiger partial charge in [0.25, 0.3) is 0 Å². The van der Waals surface area contributed by atoms with Crippen molar-refractivity contribution in [1.82, 2.24) is 4.98 Å². The number of nitrogens with one attached hydrogen (secondary N) is 1. The maximum atomic E-state index is 11.4. The summed E-state index contributed by atoms with van der Waals surface area (Å²) in [6.45, 7) is 3.79.